The lowest BCUT2D eigenvalue weighted by Gasteiger charge is -2.26. The minimum Gasteiger partial charge on any atom is -0.302 e. The molecule has 0 atom stereocenters. The first-order valence-corrected chi connectivity index (χ1v) is 5.30. The van der Waals surface area contributed by atoms with Crippen molar-refractivity contribution in [2.45, 2.75) is 13.3 Å². The van der Waals surface area contributed by atoms with E-state index in [1.165, 1.54) is 0 Å². The Kier molecular flexibility index (Phi) is 3.01. The van der Waals surface area contributed by atoms with Crippen LogP contribution in [0.2, 0.25) is 0 Å². The lowest BCUT2D eigenvalue weighted by molar-refractivity contribution is -0.118. The number of anilines is 1. The number of carbonyl (C=O) groups excluding carboxylic acids is 2. The van der Waals surface area contributed by atoms with Crippen LogP contribution >= 0.6 is 0 Å². The standard InChI is InChI=1S/C12H14N2O2/c1-10-2-4-11(5-3-10)14-12(16)6-7-13(14)8-9-15/h2-5,9H,6-8H2,1H3. The van der Waals surface area contributed by atoms with Gasteiger partial charge in [0, 0.05) is 13.0 Å². The lowest BCUT2D eigenvalue weighted by Crippen LogP contribution is -2.40. The van der Waals surface area contributed by atoms with Crippen LogP contribution in [-0.4, -0.2) is 30.3 Å². The van der Waals surface area contributed by atoms with Crippen LogP contribution < -0.4 is 5.01 Å². The van der Waals surface area contributed by atoms with Gasteiger partial charge in [0.2, 0.25) is 5.91 Å². The second-order valence-corrected chi connectivity index (χ2v) is 3.87. The number of carbonyl (C=O) groups is 2. The largest absolute Gasteiger partial charge is 0.302 e. The molecule has 1 aliphatic heterocycles. The Morgan fingerprint density at radius 1 is 1.31 bits per heavy atom. The molecule has 0 spiro atoms. The zero-order valence-corrected chi connectivity index (χ0v) is 9.22. The molecule has 1 heterocycles. The van der Waals surface area contributed by atoms with Crippen LogP contribution in [0.3, 0.4) is 0 Å². The molecule has 0 aliphatic carbocycles. The fourth-order valence-electron chi connectivity index (χ4n) is 1.84. The number of amides is 1. The van der Waals surface area contributed by atoms with E-state index >= 15 is 0 Å². The van der Waals surface area contributed by atoms with Crippen molar-refractivity contribution in [2.75, 3.05) is 18.1 Å². The molecule has 0 unspecified atom stereocenters. The van der Waals surface area contributed by atoms with Gasteiger partial charge in [-0.3, -0.25) is 4.79 Å². The fraction of sp³-hybridized carbons (Fsp3) is 0.333. The Bertz CT molecular complexity index is 400. The molecule has 0 radical (unpaired) electrons. The number of aryl methyl sites for hydroxylation is 1. The van der Waals surface area contributed by atoms with Gasteiger partial charge in [0.1, 0.15) is 6.29 Å². The van der Waals surface area contributed by atoms with Crippen molar-refractivity contribution >= 4 is 17.9 Å². The van der Waals surface area contributed by atoms with Gasteiger partial charge in [0.15, 0.2) is 0 Å². The molecule has 4 heteroatoms. The maximum Gasteiger partial charge on any atom is 0.242 e. The summed E-state index contributed by atoms with van der Waals surface area (Å²) < 4.78 is 0. The first kappa shape index (κ1) is 10.8. The Labute approximate surface area is 94.4 Å². The second kappa shape index (κ2) is 4.45. The summed E-state index contributed by atoms with van der Waals surface area (Å²) >= 11 is 0. The van der Waals surface area contributed by atoms with Gasteiger partial charge in [0.25, 0.3) is 0 Å². The van der Waals surface area contributed by atoms with E-state index in [9.17, 15) is 9.59 Å². The molecular weight excluding hydrogens is 204 g/mol. The third kappa shape index (κ3) is 1.97. The van der Waals surface area contributed by atoms with Crippen molar-refractivity contribution in [3.63, 3.8) is 0 Å². The van der Waals surface area contributed by atoms with Gasteiger partial charge in [-0.25, -0.2) is 10.0 Å². The summed E-state index contributed by atoms with van der Waals surface area (Å²) in [4.78, 5) is 22.2. The number of hydrogen-bond acceptors (Lipinski definition) is 3. The predicted octanol–water partition coefficient (Wildman–Crippen LogP) is 1.15. The van der Waals surface area contributed by atoms with E-state index in [4.69, 9.17) is 0 Å². The lowest BCUT2D eigenvalue weighted by atomic mass is 10.2. The summed E-state index contributed by atoms with van der Waals surface area (Å²) in [6.45, 7) is 2.88. The highest BCUT2D eigenvalue weighted by molar-refractivity contribution is 5.94. The quantitative estimate of drug-likeness (QED) is 0.714. The Morgan fingerprint density at radius 2 is 2.00 bits per heavy atom. The number of nitrogens with zero attached hydrogens (tertiary/aromatic N) is 2. The summed E-state index contributed by atoms with van der Waals surface area (Å²) in [6, 6.07) is 7.72. The van der Waals surface area contributed by atoms with E-state index in [-0.39, 0.29) is 12.5 Å². The average Bonchev–Trinajstić information content (AvgIpc) is 2.62. The average molecular weight is 218 g/mol. The number of hydrazine groups is 1. The number of rotatable bonds is 3. The number of benzene rings is 1. The summed E-state index contributed by atoms with van der Waals surface area (Å²) in [6.07, 6.45) is 1.29. The van der Waals surface area contributed by atoms with Gasteiger partial charge in [-0.1, -0.05) is 17.7 Å². The van der Waals surface area contributed by atoms with Gasteiger partial charge < -0.3 is 4.79 Å². The number of hydrogen-bond donors (Lipinski definition) is 0. The van der Waals surface area contributed by atoms with E-state index in [0.717, 1.165) is 17.5 Å². The van der Waals surface area contributed by atoms with Gasteiger partial charge in [0.05, 0.1) is 12.2 Å². The van der Waals surface area contributed by atoms with E-state index in [1.54, 1.807) is 10.0 Å². The molecule has 0 bridgehead atoms. The molecule has 84 valence electrons. The van der Waals surface area contributed by atoms with E-state index in [2.05, 4.69) is 0 Å². The van der Waals surface area contributed by atoms with Crippen LogP contribution in [0.25, 0.3) is 0 Å². The highest BCUT2D eigenvalue weighted by Gasteiger charge is 2.29. The highest BCUT2D eigenvalue weighted by atomic mass is 16.2. The summed E-state index contributed by atoms with van der Waals surface area (Å²) in [5.74, 6) is 0.0469. The van der Waals surface area contributed by atoms with Crippen LogP contribution in [0.5, 0.6) is 0 Å². The van der Waals surface area contributed by atoms with Crippen LogP contribution in [0.1, 0.15) is 12.0 Å². The Morgan fingerprint density at radius 3 is 2.62 bits per heavy atom. The normalized spacial score (nSPS) is 16.8. The predicted molar refractivity (Wildman–Crippen MR) is 60.9 cm³/mol. The molecule has 1 aliphatic rings. The van der Waals surface area contributed by atoms with Crippen molar-refractivity contribution in [1.29, 1.82) is 0 Å². The van der Waals surface area contributed by atoms with Gasteiger partial charge in [-0.05, 0) is 19.1 Å². The molecule has 1 amide bonds. The third-order valence-electron chi connectivity index (χ3n) is 2.67. The second-order valence-electron chi connectivity index (χ2n) is 3.87. The minimum atomic E-state index is 0.0469. The van der Waals surface area contributed by atoms with Gasteiger partial charge >= 0.3 is 0 Å². The monoisotopic (exact) mass is 218 g/mol. The number of aldehydes is 1. The molecule has 1 fully saturated rings. The maximum absolute atomic E-state index is 11.7. The Hall–Kier alpha value is -1.68. The third-order valence-corrected chi connectivity index (χ3v) is 2.67. The molecule has 1 aromatic rings. The van der Waals surface area contributed by atoms with Crippen molar-refractivity contribution in [3.8, 4) is 0 Å². The molecular formula is C12H14N2O2. The highest BCUT2D eigenvalue weighted by Crippen LogP contribution is 2.22. The first-order valence-electron chi connectivity index (χ1n) is 5.30. The van der Waals surface area contributed by atoms with Crippen LogP contribution in [-0.2, 0) is 9.59 Å². The molecule has 4 nitrogen and oxygen atoms in total. The smallest absolute Gasteiger partial charge is 0.242 e. The summed E-state index contributed by atoms with van der Waals surface area (Å²) in [5, 5.41) is 3.36. The van der Waals surface area contributed by atoms with Gasteiger partial charge in [-0.15, -0.1) is 0 Å². The Balaban J connectivity index is 2.26. The van der Waals surface area contributed by atoms with Crippen molar-refractivity contribution < 1.29 is 9.59 Å². The van der Waals surface area contributed by atoms with E-state index in [0.29, 0.717) is 13.0 Å². The maximum atomic E-state index is 11.7. The van der Waals surface area contributed by atoms with Crippen LogP contribution in [0.4, 0.5) is 5.69 Å². The van der Waals surface area contributed by atoms with Crippen molar-refractivity contribution in [2.24, 2.45) is 0 Å². The van der Waals surface area contributed by atoms with Crippen LogP contribution in [0, 0.1) is 6.92 Å². The zero-order chi connectivity index (χ0) is 11.5. The zero-order valence-electron chi connectivity index (χ0n) is 9.22. The fourth-order valence-corrected chi connectivity index (χ4v) is 1.84. The van der Waals surface area contributed by atoms with Crippen LogP contribution in [0.15, 0.2) is 24.3 Å². The molecule has 1 saturated heterocycles. The molecule has 16 heavy (non-hydrogen) atoms. The first-order chi connectivity index (χ1) is 7.72. The molecule has 0 saturated carbocycles. The van der Waals surface area contributed by atoms with Crippen molar-refractivity contribution in [1.82, 2.24) is 5.01 Å². The molecule has 0 N–H and O–H groups in total. The topological polar surface area (TPSA) is 40.6 Å². The van der Waals surface area contributed by atoms with E-state index < -0.39 is 0 Å². The summed E-state index contributed by atoms with van der Waals surface area (Å²) in [5.41, 5.74) is 1.98. The van der Waals surface area contributed by atoms with Crippen molar-refractivity contribution in [3.05, 3.63) is 29.8 Å². The molecule has 2 rings (SSSR count). The summed E-state index contributed by atoms with van der Waals surface area (Å²) in [7, 11) is 0. The molecule has 0 aromatic heterocycles. The van der Waals surface area contributed by atoms with E-state index in [1.807, 2.05) is 31.2 Å². The van der Waals surface area contributed by atoms with Gasteiger partial charge in [-0.2, -0.15) is 0 Å². The molecule has 1 aromatic carbocycles. The minimum absolute atomic E-state index is 0.0469. The SMILES string of the molecule is Cc1ccc(N2C(=O)CCN2CC=O)cc1.